The quantitative estimate of drug-likeness (QED) is 0.246. The van der Waals surface area contributed by atoms with Crippen LogP contribution in [0.2, 0.25) is 0 Å². The fourth-order valence-electron chi connectivity index (χ4n) is 6.67. The lowest BCUT2D eigenvalue weighted by Gasteiger charge is -2.33. The summed E-state index contributed by atoms with van der Waals surface area (Å²) in [6, 6.07) is 35.7. The molecular formula is C32H20O. The van der Waals surface area contributed by atoms with Gasteiger partial charge >= 0.3 is 0 Å². The molecule has 5 aromatic carbocycles. The Hall–Kier alpha value is -4.10. The topological polar surface area (TPSA) is 9.23 Å². The van der Waals surface area contributed by atoms with Gasteiger partial charge in [-0.1, -0.05) is 103 Å². The summed E-state index contributed by atoms with van der Waals surface area (Å²) in [4.78, 5) is 0. The molecule has 0 radical (unpaired) electrons. The molecule has 154 valence electrons. The summed E-state index contributed by atoms with van der Waals surface area (Å²) in [5.41, 5.74) is 11.7. The second-order valence-corrected chi connectivity index (χ2v) is 9.14. The van der Waals surface area contributed by atoms with Gasteiger partial charge in [-0.05, 0) is 56.0 Å². The first-order valence-electron chi connectivity index (χ1n) is 11.6. The van der Waals surface area contributed by atoms with E-state index in [1.165, 1.54) is 60.8 Å². The molecule has 0 fully saturated rings. The first kappa shape index (κ1) is 17.5. The molecule has 0 amide bonds. The van der Waals surface area contributed by atoms with E-state index in [0.717, 1.165) is 5.75 Å². The first-order chi connectivity index (χ1) is 16.4. The second kappa shape index (κ2) is 6.02. The number of hydrogen-bond donors (Lipinski definition) is 0. The van der Waals surface area contributed by atoms with Gasteiger partial charge in [0.05, 0.1) is 5.41 Å². The lowest BCUT2D eigenvalue weighted by molar-refractivity contribution is 0.362. The molecule has 3 aliphatic rings. The summed E-state index contributed by atoms with van der Waals surface area (Å²) in [6.07, 6.45) is 4.45. The van der Waals surface area contributed by atoms with Crippen molar-refractivity contribution in [3.63, 3.8) is 0 Å². The number of ether oxygens (including phenoxy) is 1. The van der Waals surface area contributed by atoms with Crippen molar-refractivity contribution in [3.8, 4) is 28.0 Å². The molecular weight excluding hydrogens is 400 g/mol. The van der Waals surface area contributed by atoms with E-state index in [4.69, 9.17) is 4.74 Å². The van der Waals surface area contributed by atoms with Crippen LogP contribution >= 0.6 is 0 Å². The Morgan fingerprint density at radius 1 is 0.576 bits per heavy atom. The zero-order valence-corrected chi connectivity index (χ0v) is 18.0. The lowest BCUT2D eigenvalue weighted by Crippen LogP contribution is -2.27. The van der Waals surface area contributed by atoms with Gasteiger partial charge in [-0.3, -0.25) is 0 Å². The fraction of sp³-hybridized carbons (Fsp3) is 0.0625. The summed E-state index contributed by atoms with van der Waals surface area (Å²) >= 11 is 0. The molecule has 1 spiro atoms. The van der Waals surface area contributed by atoms with Gasteiger partial charge in [-0.15, -0.1) is 0 Å². The molecule has 2 aliphatic carbocycles. The smallest absolute Gasteiger partial charge is 0.135 e. The average Bonchev–Trinajstić information content (AvgIpc) is 3.37. The van der Waals surface area contributed by atoms with Crippen molar-refractivity contribution >= 4 is 16.8 Å². The Bertz CT molecular complexity index is 1620. The van der Waals surface area contributed by atoms with Crippen LogP contribution in [-0.2, 0) is 5.41 Å². The molecule has 5 aromatic rings. The van der Waals surface area contributed by atoms with Gasteiger partial charge in [0.2, 0.25) is 0 Å². The minimum atomic E-state index is -0.349. The number of benzene rings is 5. The van der Waals surface area contributed by atoms with E-state index in [1.54, 1.807) is 0 Å². The maximum Gasteiger partial charge on any atom is 0.135 e. The van der Waals surface area contributed by atoms with E-state index in [-0.39, 0.29) is 5.41 Å². The molecule has 1 nitrogen and oxygen atoms in total. The molecule has 33 heavy (non-hydrogen) atoms. The van der Waals surface area contributed by atoms with Gasteiger partial charge < -0.3 is 4.74 Å². The van der Waals surface area contributed by atoms with E-state index < -0.39 is 0 Å². The van der Waals surface area contributed by atoms with Crippen molar-refractivity contribution in [2.45, 2.75) is 5.41 Å². The molecule has 0 N–H and O–H groups in total. The number of rotatable bonds is 0. The summed E-state index contributed by atoms with van der Waals surface area (Å²) in [5.74, 6) is 1.01. The Morgan fingerprint density at radius 3 is 1.82 bits per heavy atom. The minimum Gasteiger partial charge on any atom is -0.488 e. The third-order valence-electron chi connectivity index (χ3n) is 7.74. The van der Waals surface area contributed by atoms with Gasteiger partial charge in [0, 0.05) is 10.9 Å². The molecule has 8 rings (SSSR count). The monoisotopic (exact) mass is 420 g/mol. The van der Waals surface area contributed by atoms with Crippen LogP contribution in [0.4, 0.5) is 0 Å². The van der Waals surface area contributed by atoms with Gasteiger partial charge in [-0.2, -0.15) is 0 Å². The first-order valence-corrected chi connectivity index (χ1v) is 11.6. The highest BCUT2D eigenvalue weighted by Gasteiger charge is 2.53. The SMILES string of the molecule is C1=Cc2c3c(c4ccccc4c2OC1)-c1ccccc1C31c2ccccc2-c2ccccc21. The van der Waals surface area contributed by atoms with Crippen molar-refractivity contribution in [3.05, 3.63) is 131 Å². The normalized spacial score (nSPS) is 15.5. The average molecular weight is 421 g/mol. The third-order valence-corrected chi connectivity index (χ3v) is 7.74. The summed E-state index contributed by atoms with van der Waals surface area (Å²) < 4.78 is 6.35. The second-order valence-electron chi connectivity index (χ2n) is 9.14. The van der Waals surface area contributed by atoms with Crippen LogP contribution in [0.1, 0.15) is 27.8 Å². The van der Waals surface area contributed by atoms with Crippen molar-refractivity contribution in [1.29, 1.82) is 0 Å². The maximum atomic E-state index is 6.35. The Balaban J connectivity index is 1.69. The van der Waals surface area contributed by atoms with E-state index >= 15 is 0 Å². The van der Waals surface area contributed by atoms with Crippen LogP contribution in [0.15, 0.2) is 103 Å². The lowest BCUT2D eigenvalue weighted by atomic mass is 9.68. The van der Waals surface area contributed by atoms with Crippen molar-refractivity contribution in [2.24, 2.45) is 0 Å². The van der Waals surface area contributed by atoms with E-state index in [1.807, 2.05) is 0 Å². The molecule has 0 aromatic heterocycles. The molecule has 0 bridgehead atoms. The van der Waals surface area contributed by atoms with Crippen LogP contribution in [0.5, 0.6) is 5.75 Å². The van der Waals surface area contributed by atoms with Crippen molar-refractivity contribution in [2.75, 3.05) is 6.61 Å². The predicted molar refractivity (Wildman–Crippen MR) is 135 cm³/mol. The number of fused-ring (bicyclic) bond motifs is 15. The van der Waals surface area contributed by atoms with Crippen molar-refractivity contribution < 1.29 is 4.74 Å². The highest BCUT2D eigenvalue weighted by Crippen LogP contribution is 2.65. The molecule has 1 aliphatic heterocycles. The van der Waals surface area contributed by atoms with Crippen LogP contribution in [-0.4, -0.2) is 6.61 Å². The molecule has 1 heterocycles. The van der Waals surface area contributed by atoms with Crippen LogP contribution < -0.4 is 4.74 Å². The predicted octanol–water partition coefficient (Wildman–Crippen LogP) is 7.59. The summed E-state index contributed by atoms with van der Waals surface area (Å²) in [5, 5.41) is 2.47. The minimum absolute atomic E-state index is 0.349. The molecule has 0 saturated heterocycles. The largest absolute Gasteiger partial charge is 0.488 e. The van der Waals surface area contributed by atoms with Gasteiger partial charge in [-0.25, -0.2) is 0 Å². The van der Waals surface area contributed by atoms with Gasteiger partial charge in [0.1, 0.15) is 12.4 Å². The Kier molecular flexibility index (Phi) is 3.19. The maximum absolute atomic E-state index is 6.35. The zero-order valence-electron chi connectivity index (χ0n) is 18.0. The zero-order chi connectivity index (χ0) is 21.6. The van der Waals surface area contributed by atoms with E-state index in [0.29, 0.717) is 6.61 Å². The van der Waals surface area contributed by atoms with Crippen molar-refractivity contribution in [1.82, 2.24) is 0 Å². The highest BCUT2D eigenvalue weighted by atomic mass is 16.5. The Morgan fingerprint density at radius 2 is 1.12 bits per heavy atom. The standard InChI is InChI=1S/C32H20O/c1-2-13-23-22(12-1)29-24-14-5-8-18-28(24)32(30(29)25-15-9-19-33-31(23)25)26-16-6-3-10-20(26)21-11-4-7-17-27(21)32/h1-18H,19H2. The molecule has 0 saturated carbocycles. The van der Waals surface area contributed by atoms with E-state index in [2.05, 4.69) is 109 Å². The fourth-order valence-corrected chi connectivity index (χ4v) is 6.67. The molecule has 0 unspecified atom stereocenters. The van der Waals surface area contributed by atoms with E-state index in [9.17, 15) is 0 Å². The van der Waals surface area contributed by atoms with Gasteiger partial charge in [0.15, 0.2) is 0 Å². The number of hydrogen-bond acceptors (Lipinski definition) is 1. The van der Waals surface area contributed by atoms with Gasteiger partial charge in [0.25, 0.3) is 0 Å². The highest BCUT2D eigenvalue weighted by molar-refractivity contribution is 6.11. The summed E-state index contributed by atoms with van der Waals surface area (Å²) in [6.45, 7) is 0.614. The summed E-state index contributed by atoms with van der Waals surface area (Å²) in [7, 11) is 0. The van der Waals surface area contributed by atoms with Crippen LogP contribution in [0.25, 0.3) is 39.1 Å². The van der Waals surface area contributed by atoms with Crippen LogP contribution in [0, 0.1) is 0 Å². The molecule has 1 heteroatoms. The molecule has 0 atom stereocenters. The van der Waals surface area contributed by atoms with Crippen LogP contribution in [0.3, 0.4) is 0 Å². The Labute approximate surface area is 192 Å². The third kappa shape index (κ3) is 1.91.